The Balaban J connectivity index is 2.56. The van der Waals surface area contributed by atoms with E-state index in [2.05, 4.69) is 76.2 Å². The van der Waals surface area contributed by atoms with Crippen molar-refractivity contribution in [2.75, 3.05) is 7.11 Å². The van der Waals surface area contributed by atoms with E-state index in [0.717, 1.165) is 6.04 Å². The predicted molar refractivity (Wildman–Crippen MR) is 94.0 cm³/mol. The Bertz CT molecular complexity index is 524. The minimum atomic E-state index is -2.13. The van der Waals surface area contributed by atoms with Gasteiger partial charge in [0.1, 0.15) is 0 Å². The van der Waals surface area contributed by atoms with E-state index in [0.29, 0.717) is 5.92 Å². The third-order valence-corrected chi connectivity index (χ3v) is 8.70. The van der Waals surface area contributed by atoms with Crippen LogP contribution in [0.15, 0.2) is 48.5 Å². The molecule has 2 rings (SSSR count). The molecule has 0 aromatic heterocycles. The molecule has 2 aromatic rings. The minimum absolute atomic E-state index is 0.610. The Morgan fingerprint density at radius 1 is 0.810 bits per heavy atom. The lowest BCUT2D eigenvalue weighted by Gasteiger charge is -2.32. The number of hydrogen-bond acceptors (Lipinski definition) is 1. The highest BCUT2D eigenvalue weighted by molar-refractivity contribution is 6.97. The summed E-state index contributed by atoms with van der Waals surface area (Å²) >= 11 is 0. The van der Waals surface area contributed by atoms with Gasteiger partial charge in [-0.3, -0.25) is 0 Å². The number of rotatable bonds is 5. The molecule has 0 saturated heterocycles. The van der Waals surface area contributed by atoms with Crippen LogP contribution in [0.25, 0.3) is 0 Å². The Morgan fingerprint density at radius 3 is 1.48 bits per heavy atom. The SMILES string of the molecule is CO[Si](CC(C)C)(c1ccc(C)cc1)c1ccc(C)cc1. The van der Waals surface area contributed by atoms with Gasteiger partial charge in [-0.2, -0.15) is 0 Å². The summed E-state index contributed by atoms with van der Waals surface area (Å²) in [7, 11) is -0.247. The topological polar surface area (TPSA) is 9.23 Å². The van der Waals surface area contributed by atoms with Crippen LogP contribution in [0.5, 0.6) is 0 Å². The van der Waals surface area contributed by atoms with Crippen LogP contribution in [0, 0.1) is 19.8 Å². The fourth-order valence-corrected chi connectivity index (χ4v) is 6.94. The summed E-state index contributed by atoms with van der Waals surface area (Å²) in [6, 6.07) is 18.9. The second kappa shape index (κ2) is 6.59. The second-order valence-electron chi connectivity index (χ2n) is 6.36. The molecule has 1 nitrogen and oxygen atoms in total. The van der Waals surface area contributed by atoms with Crippen molar-refractivity contribution in [2.24, 2.45) is 5.92 Å². The van der Waals surface area contributed by atoms with Crippen LogP contribution in [0.4, 0.5) is 0 Å². The van der Waals surface area contributed by atoms with Crippen molar-refractivity contribution in [1.82, 2.24) is 0 Å². The molecule has 0 unspecified atom stereocenters. The van der Waals surface area contributed by atoms with Crippen LogP contribution >= 0.6 is 0 Å². The fourth-order valence-electron chi connectivity index (χ4n) is 2.94. The van der Waals surface area contributed by atoms with Crippen molar-refractivity contribution in [3.05, 3.63) is 59.7 Å². The number of benzene rings is 2. The molecule has 2 heteroatoms. The molecule has 0 heterocycles. The smallest absolute Gasteiger partial charge is 0.255 e. The van der Waals surface area contributed by atoms with Gasteiger partial charge in [0.2, 0.25) is 0 Å². The molecule has 0 amide bonds. The van der Waals surface area contributed by atoms with Crippen molar-refractivity contribution in [1.29, 1.82) is 0 Å². The van der Waals surface area contributed by atoms with E-state index in [1.165, 1.54) is 21.5 Å². The normalized spacial score (nSPS) is 11.9. The lowest BCUT2D eigenvalue weighted by molar-refractivity contribution is 0.407. The molecule has 0 atom stereocenters. The second-order valence-corrected chi connectivity index (χ2v) is 9.99. The summed E-state index contributed by atoms with van der Waals surface area (Å²) in [4.78, 5) is 0. The molecule has 0 aliphatic rings. The first-order chi connectivity index (χ1) is 9.98. The predicted octanol–water partition coefficient (Wildman–Crippen LogP) is 3.67. The Labute approximate surface area is 130 Å². The average molecular weight is 299 g/mol. The summed E-state index contributed by atoms with van der Waals surface area (Å²) < 4.78 is 6.24. The van der Waals surface area contributed by atoms with E-state index >= 15 is 0 Å². The largest absolute Gasteiger partial charge is 0.411 e. The quantitative estimate of drug-likeness (QED) is 0.765. The molecule has 0 radical (unpaired) electrons. The van der Waals surface area contributed by atoms with E-state index in [1.54, 1.807) is 0 Å². The van der Waals surface area contributed by atoms with Crippen LogP contribution in [0.2, 0.25) is 6.04 Å². The van der Waals surface area contributed by atoms with Crippen molar-refractivity contribution < 1.29 is 4.43 Å². The van der Waals surface area contributed by atoms with Crippen LogP contribution in [-0.4, -0.2) is 15.4 Å². The van der Waals surface area contributed by atoms with Gasteiger partial charge in [-0.25, -0.2) is 0 Å². The van der Waals surface area contributed by atoms with E-state index < -0.39 is 8.32 Å². The molecular formula is C19H26OSi. The highest BCUT2D eigenvalue weighted by Crippen LogP contribution is 2.19. The Morgan fingerprint density at radius 2 is 1.19 bits per heavy atom. The standard InChI is InChI=1S/C19H26OSi/c1-15(2)14-21(20-5,18-10-6-16(3)7-11-18)19-12-8-17(4)9-13-19/h6-13,15H,14H2,1-5H3. The van der Waals surface area contributed by atoms with E-state index in [9.17, 15) is 0 Å². The zero-order valence-electron chi connectivity index (χ0n) is 13.8. The lowest BCUT2D eigenvalue weighted by atomic mass is 10.2. The first-order valence-electron chi connectivity index (χ1n) is 7.67. The van der Waals surface area contributed by atoms with Gasteiger partial charge in [0, 0.05) is 7.11 Å². The van der Waals surface area contributed by atoms with Gasteiger partial charge in [0.15, 0.2) is 0 Å². The molecule has 0 aliphatic heterocycles. The number of aryl methyl sites for hydroxylation is 2. The molecule has 0 aliphatic carbocycles. The zero-order chi connectivity index (χ0) is 15.5. The van der Waals surface area contributed by atoms with Gasteiger partial charge >= 0.3 is 0 Å². The van der Waals surface area contributed by atoms with Gasteiger partial charge in [-0.15, -0.1) is 0 Å². The van der Waals surface area contributed by atoms with Crippen molar-refractivity contribution in [3.63, 3.8) is 0 Å². The summed E-state index contributed by atoms with van der Waals surface area (Å²) in [5.74, 6) is 0.610. The maximum atomic E-state index is 6.24. The molecular weight excluding hydrogens is 272 g/mol. The molecule has 112 valence electrons. The Kier molecular flexibility index (Phi) is 5.02. The summed E-state index contributed by atoms with van der Waals surface area (Å²) in [5.41, 5.74) is 2.59. The monoisotopic (exact) mass is 298 g/mol. The molecule has 0 fully saturated rings. The highest BCUT2D eigenvalue weighted by atomic mass is 28.4. The lowest BCUT2D eigenvalue weighted by Crippen LogP contribution is -2.60. The van der Waals surface area contributed by atoms with E-state index in [4.69, 9.17) is 4.43 Å². The van der Waals surface area contributed by atoms with Gasteiger partial charge < -0.3 is 4.43 Å². The van der Waals surface area contributed by atoms with E-state index in [1.807, 2.05) is 7.11 Å². The van der Waals surface area contributed by atoms with Crippen LogP contribution in [-0.2, 0) is 4.43 Å². The summed E-state index contributed by atoms with van der Waals surface area (Å²) in [6.07, 6.45) is 0. The maximum absolute atomic E-state index is 6.24. The third-order valence-electron chi connectivity index (χ3n) is 4.08. The fraction of sp³-hybridized carbons (Fsp3) is 0.368. The van der Waals surface area contributed by atoms with Crippen molar-refractivity contribution in [3.8, 4) is 0 Å². The zero-order valence-corrected chi connectivity index (χ0v) is 14.8. The minimum Gasteiger partial charge on any atom is -0.411 e. The van der Waals surface area contributed by atoms with Gasteiger partial charge in [-0.05, 0) is 36.2 Å². The highest BCUT2D eigenvalue weighted by Gasteiger charge is 2.39. The maximum Gasteiger partial charge on any atom is 0.255 e. The van der Waals surface area contributed by atoms with Gasteiger partial charge in [0.25, 0.3) is 8.32 Å². The van der Waals surface area contributed by atoms with Crippen LogP contribution in [0.3, 0.4) is 0 Å². The molecule has 0 spiro atoms. The van der Waals surface area contributed by atoms with E-state index in [-0.39, 0.29) is 0 Å². The molecule has 2 aromatic carbocycles. The molecule has 0 N–H and O–H groups in total. The molecule has 0 saturated carbocycles. The first-order valence-corrected chi connectivity index (χ1v) is 9.79. The first kappa shape index (κ1) is 16.0. The number of hydrogen-bond donors (Lipinski definition) is 0. The van der Waals surface area contributed by atoms with Crippen LogP contribution < -0.4 is 10.4 Å². The van der Waals surface area contributed by atoms with Crippen molar-refractivity contribution >= 4 is 18.7 Å². The third kappa shape index (κ3) is 3.45. The Hall–Kier alpha value is -1.38. The molecule has 0 bridgehead atoms. The van der Waals surface area contributed by atoms with Crippen LogP contribution in [0.1, 0.15) is 25.0 Å². The summed E-state index contributed by atoms with van der Waals surface area (Å²) in [5, 5.41) is 2.74. The average Bonchev–Trinajstić information content (AvgIpc) is 2.46. The van der Waals surface area contributed by atoms with Crippen molar-refractivity contribution in [2.45, 2.75) is 33.7 Å². The summed E-state index contributed by atoms with van der Waals surface area (Å²) in [6.45, 7) is 8.83. The van der Waals surface area contributed by atoms with Gasteiger partial charge in [-0.1, -0.05) is 73.5 Å². The van der Waals surface area contributed by atoms with Gasteiger partial charge in [0.05, 0.1) is 0 Å². The molecule has 21 heavy (non-hydrogen) atoms.